The molecular weight excluding hydrogens is 342 g/mol. The number of piperidine rings is 1. The van der Waals surface area contributed by atoms with Crippen molar-refractivity contribution in [3.05, 3.63) is 34.9 Å². The summed E-state index contributed by atoms with van der Waals surface area (Å²) in [5.41, 5.74) is 1.11. The van der Waals surface area contributed by atoms with Gasteiger partial charge in [0.1, 0.15) is 6.54 Å². The third-order valence-corrected chi connectivity index (χ3v) is 4.48. The van der Waals surface area contributed by atoms with E-state index in [0.717, 1.165) is 29.8 Å². The van der Waals surface area contributed by atoms with Crippen molar-refractivity contribution in [1.82, 2.24) is 10.2 Å². The van der Waals surface area contributed by atoms with E-state index in [1.54, 1.807) is 11.8 Å². The first-order valence-electron chi connectivity index (χ1n) is 8.74. The largest absolute Gasteiger partial charge is 0.450 e. The van der Waals surface area contributed by atoms with E-state index in [-0.39, 0.29) is 18.0 Å². The Morgan fingerprint density at radius 3 is 2.72 bits per heavy atom. The van der Waals surface area contributed by atoms with Crippen LogP contribution in [0.15, 0.2) is 24.3 Å². The highest BCUT2D eigenvalue weighted by molar-refractivity contribution is 6.30. The van der Waals surface area contributed by atoms with Gasteiger partial charge in [0, 0.05) is 29.7 Å². The van der Waals surface area contributed by atoms with Gasteiger partial charge in [-0.25, -0.2) is 4.79 Å². The number of carbonyl (C=O) groups is 2. The molecule has 1 aliphatic rings. The molecule has 1 aromatic carbocycles. The second-order valence-electron chi connectivity index (χ2n) is 6.47. The van der Waals surface area contributed by atoms with Crippen LogP contribution in [0.1, 0.15) is 25.3 Å². The van der Waals surface area contributed by atoms with E-state index in [0.29, 0.717) is 31.3 Å². The molecule has 1 heterocycles. The smallest absolute Gasteiger partial charge is 0.409 e. The van der Waals surface area contributed by atoms with Gasteiger partial charge in [-0.3, -0.25) is 4.79 Å². The fourth-order valence-electron chi connectivity index (χ4n) is 3.03. The maximum absolute atomic E-state index is 12.2. The van der Waals surface area contributed by atoms with E-state index in [4.69, 9.17) is 16.3 Å². The summed E-state index contributed by atoms with van der Waals surface area (Å²) in [5, 5.41) is 3.79. The Kier molecular flexibility index (Phi) is 7.52. The molecule has 1 saturated heterocycles. The van der Waals surface area contributed by atoms with E-state index in [9.17, 15) is 9.59 Å². The van der Waals surface area contributed by atoms with Gasteiger partial charge in [0.2, 0.25) is 0 Å². The standard InChI is InChI=1S/C18H26ClN3O3/c1-3-25-18(24)22-9-7-16(8-10-22)20-17(23)13-21(2)12-14-5-4-6-15(19)11-14/h4-6,11,16H,3,7-10,12-13H2,1-2H3,(H,20,23)/p+1. The van der Waals surface area contributed by atoms with Crippen LogP contribution in [-0.2, 0) is 16.1 Å². The molecule has 0 bridgehead atoms. The molecule has 1 atom stereocenters. The lowest BCUT2D eigenvalue weighted by atomic mass is 10.1. The summed E-state index contributed by atoms with van der Waals surface area (Å²) in [6.45, 7) is 4.58. The molecule has 7 heteroatoms. The number of hydrogen-bond acceptors (Lipinski definition) is 3. The average Bonchev–Trinajstić information content (AvgIpc) is 2.55. The molecule has 25 heavy (non-hydrogen) atoms. The lowest BCUT2D eigenvalue weighted by Crippen LogP contribution is -3.09. The zero-order valence-corrected chi connectivity index (χ0v) is 15.6. The summed E-state index contributed by atoms with van der Waals surface area (Å²) in [5.74, 6) is 0.0362. The third-order valence-electron chi connectivity index (χ3n) is 4.24. The molecule has 0 spiro atoms. The number of likely N-dealkylation sites (tertiary alicyclic amines) is 1. The molecule has 0 radical (unpaired) electrons. The van der Waals surface area contributed by atoms with Gasteiger partial charge in [-0.1, -0.05) is 23.7 Å². The maximum Gasteiger partial charge on any atom is 0.409 e. The molecule has 2 N–H and O–H groups in total. The zero-order valence-electron chi connectivity index (χ0n) is 14.9. The predicted molar refractivity (Wildman–Crippen MR) is 96.7 cm³/mol. The molecule has 1 fully saturated rings. The van der Waals surface area contributed by atoms with Gasteiger partial charge in [-0.2, -0.15) is 0 Å². The number of ether oxygens (including phenoxy) is 1. The second kappa shape index (κ2) is 9.63. The quantitative estimate of drug-likeness (QED) is 0.790. The van der Waals surface area contributed by atoms with Crippen LogP contribution >= 0.6 is 11.6 Å². The summed E-state index contributed by atoms with van der Waals surface area (Å²) in [7, 11) is 1.99. The van der Waals surface area contributed by atoms with Gasteiger partial charge < -0.3 is 19.9 Å². The van der Waals surface area contributed by atoms with Crippen LogP contribution in [0.3, 0.4) is 0 Å². The van der Waals surface area contributed by atoms with Gasteiger partial charge in [-0.05, 0) is 31.9 Å². The van der Waals surface area contributed by atoms with E-state index in [1.165, 1.54) is 0 Å². The first kappa shape index (κ1) is 19.5. The van der Waals surface area contributed by atoms with E-state index in [1.807, 2.05) is 31.3 Å². The summed E-state index contributed by atoms with van der Waals surface area (Å²) >= 11 is 5.99. The zero-order chi connectivity index (χ0) is 18.2. The van der Waals surface area contributed by atoms with Gasteiger partial charge in [0.05, 0.1) is 13.7 Å². The molecule has 1 aliphatic heterocycles. The van der Waals surface area contributed by atoms with Crippen LogP contribution in [0.25, 0.3) is 0 Å². The average molecular weight is 369 g/mol. The molecule has 138 valence electrons. The Balaban J connectivity index is 1.71. The number of nitrogens with one attached hydrogen (secondary N) is 2. The number of quaternary nitrogens is 1. The highest BCUT2D eigenvalue weighted by Gasteiger charge is 2.25. The SMILES string of the molecule is CCOC(=O)N1CCC(NC(=O)C[NH+](C)Cc2cccc(Cl)c2)CC1. The number of nitrogens with zero attached hydrogens (tertiary/aromatic N) is 1. The topological polar surface area (TPSA) is 63.1 Å². The summed E-state index contributed by atoms with van der Waals surface area (Å²) in [6, 6.07) is 7.82. The van der Waals surface area contributed by atoms with Gasteiger partial charge >= 0.3 is 6.09 Å². The maximum atomic E-state index is 12.2. The summed E-state index contributed by atoms with van der Waals surface area (Å²) in [4.78, 5) is 26.7. The van der Waals surface area contributed by atoms with E-state index >= 15 is 0 Å². The normalized spacial score (nSPS) is 16.4. The molecule has 0 saturated carbocycles. The third kappa shape index (κ3) is 6.55. The molecular formula is C18H27ClN3O3+. The van der Waals surface area contributed by atoms with Crippen LogP contribution in [0.4, 0.5) is 4.79 Å². The second-order valence-corrected chi connectivity index (χ2v) is 6.90. The monoisotopic (exact) mass is 368 g/mol. The van der Waals surface area contributed by atoms with Crippen LogP contribution in [0, 0.1) is 0 Å². The van der Waals surface area contributed by atoms with Crippen LogP contribution in [-0.4, -0.2) is 56.2 Å². The van der Waals surface area contributed by atoms with Crippen molar-refractivity contribution < 1.29 is 19.2 Å². The van der Waals surface area contributed by atoms with Crippen LogP contribution in [0.2, 0.25) is 5.02 Å². The Morgan fingerprint density at radius 2 is 2.08 bits per heavy atom. The highest BCUT2D eigenvalue weighted by atomic mass is 35.5. The lowest BCUT2D eigenvalue weighted by Gasteiger charge is -2.31. The Morgan fingerprint density at radius 1 is 1.36 bits per heavy atom. The van der Waals surface area contributed by atoms with E-state index < -0.39 is 0 Å². The molecule has 1 aromatic rings. The van der Waals surface area contributed by atoms with Gasteiger partial charge in [0.15, 0.2) is 6.54 Å². The number of likely N-dealkylation sites (N-methyl/N-ethyl adjacent to an activating group) is 1. The van der Waals surface area contributed by atoms with Crippen LogP contribution in [0.5, 0.6) is 0 Å². The minimum Gasteiger partial charge on any atom is -0.450 e. The molecule has 2 rings (SSSR count). The van der Waals surface area contributed by atoms with Crippen LogP contribution < -0.4 is 10.2 Å². The molecule has 0 aromatic heterocycles. The molecule has 6 nitrogen and oxygen atoms in total. The van der Waals surface area contributed by atoms with Crippen molar-refractivity contribution in [2.75, 3.05) is 33.3 Å². The van der Waals surface area contributed by atoms with Gasteiger partial charge in [0.25, 0.3) is 5.91 Å². The van der Waals surface area contributed by atoms with Crippen molar-refractivity contribution in [3.8, 4) is 0 Å². The highest BCUT2D eigenvalue weighted by Crippen LogP contribution is 2.11. The number of amides is 2. The number of carbonyl (C=O) groups excluding carboxylic acids is 2. The van der Waals surface area contributed by atoms with Gasteiger partial charge in [-0.15, -0.1) is 0 Å². The van der Waals surface area contributed by atoms with Crippen molar-refractivity contribution in [2.24, 2.45) is 0 Å². The lowest BCUT2D eigenvalue weighted by molar-refractivity contribution is -0.885. The minimum absolute atomic E-state index is 0.0362. The van der Waals surface area contributed by atoms with Crippen molar-refractivity contribution >= 4 is 23.6 Å². The molecule has 0 aliphatic carbocycles. The summed E-state index contributed by atoms with van der Waals surface area (Å²) in [6.07, 6.45) is 1.26. The Labute approximate surface area is 154 Å². The fourth-order valence-corrected chi connectivity index (χ4v) is 3.24. The fraction of sp³-hybridized carbons (Fsp3) is 0.556. The minimum atomic E-state index is -0.266. The van der Waals surface area contributed by atoms with Crippen molar-refractivity contribution in [3.63, 3.8) is 0 Å². The number of rotatable bonds is 6. The number of halogens is 1. The first-order valence-corrected chi connectivity index (χ1v) is 9.12. The molecule has 2 amide bonds. The summed E-state index contributed by atoms with van der Waals surface area (Å²) < 4.78 is 5.00. The molecule has 1 unspecified atom stereocenters. The Hall–Kier alpha value is -1.79. The number of benzene rings is 1. The van der Waals surface area contributed by atoms with E-state index in [2.05, 4.69) is 5.32 Å². The first-order chi connectivity index (χ1) is 12.0. The van der Waals surface area contributed by atoms with Crippen molar-refractivity contribution in [2.45, 2.75) is 32.4 Å². The predicted octanol–water partition coefficient (Wildman–Crippen LogP) is 1.09. The van der Waals surface area contributed by atoms with Crippen molar-refractivity contribution in [1.29, 1.82) is 0 Å². The Bertz CT molecular complexity index is 589. The number of hydrogen-bond donors (Lipinski definition) is 2.